The molecule has 4 heterocycles. The van der Waals surface area contributed by atoms with E-state index in [1.807, 2.05) is 11.3 Å². The third-order valence-corrected chi connectivity index (χ3v) is 23.1. The van der Waals surface area contributed by atoms with Crippen molar-refractivity contribution < 1.29 is 0 Å². The Balaban J connectivity index is 0.942. The fourth-order valence-electron chi connectivity index (χ4n) is 19.7. The van der Waals surface area contributed by atoms with Gasteiger partial charge in [-0.3, -0.25) is 0 Å². The standard InChI is InChI=1S/C74H62BN3S/c1-4-12-51(13-5-1)52-20-23-57(24-21-52)78-67-38-70-62(59-18-10-11-19-69(59)79-70)37-61(67)63-35-58(76(55-14-6-2-7-15-55)56-16-8-3-9-17-56)36-68-71(63)75(78)65-34-54(74-42-48-29-49(43-74)31-50(30-48)44-74)33-64-60-32-53(22-25-66(60)77(68)72(64)65)73-39-45-26-46(40-73)28-47(27-45)41-73/h1-25,32-38,45-50H,26-31,39-44H2. The SMILES string of the molecule is c1ccc(-c2ccc(N3B4c5c(cc(N(c6ccccc6)c6ccccc6)cc5-n5c6ccc(C78CC9CC(CC(C9)C7)C8)cc6c6cc(C78CC9CC(CC(C9)C7)C8)cc4c65)-c4cc5c(cc43)sc3ccccc35)cc2)cc1. The Labute approximate surface area is 467 Å². The minimum Gasteiger partial charge on any atom is -0.376 e. The highest BCUT2D eigenvalue weighted by Crippen LogP contribution is 2.63. The highest BCUT2D eigenvalue weighted by atomic mass is 32.1. The van der Waals surface area contributed by atoms with E-state index in [2.05, 4.69) is 208 Å². The van der Waals surface area contributed by atoms with Gasteiger partial charge in [-0.15, -0.1) is 11.3 Å². The average molecular weight is 1040 g/mol. The molecule has 0 radical (unpaired) electrons. The van der Waals surface area contributed by atoms with E-state index in [0.717, 1.165) is 46.9 Å². The third-order valence-electron chi connectivity index (χ3n) is 22.0. The Morgan fingerprint density at radius 2 is 0.987 bits per heavy atom. The zero-order valence-corrected chi connectivity index (χ0v) is 45.6. The van der Waals surface area contributed by atoms with Crippen LogP contribution in [-0.4, -0.2) is 11.4 Å². The molecule has 2 aliphatic heterocycles. The molecule has 0 spiro atoms. The van der Waals surface area contributed by atoms with Crippen molar-refractivity contribution in [2.75, 3.05) is 9.71 Å². The van der Waals surface area contributed by atoms with Crippen molar-refractivity contribution in [2.24, 2.45) is 35.5 Å². The van der Waals surface area contributed by atoms with Crippen LogP contribution in [0.1, 0.15) is 88.2 Å². The number of benzene rings is 9. The van der Waals surface area contributed by atoms with E-state index in [1.165, 1.54) is 175 Å². The Kier molecular flexibility index (Phi) is 9.11. The molecule has 11 aromatic rings. The zero-order valence-electron chi connectivity index (χ0n) is 44.8. The van der Waals surface area contributed by atoms with Crippen molar-refractivity contribution in [2.45, 2.75) is 87.9 Å². The Hall–Kier alpha value is -7.34. The number of thiophene rings is 1. The summed E-state index contributed by atoms with van der Waals surface area (Å²) in [5.74, 6) is 5.25. The second-order valence-corrected chi connectivity index (χ2v) is 27.6. The van der Waals surface area contributed by atoms with Crippen LogP contribution in [0.5, 0.6) is 0 Å². The summed E-state index contributed by atoms with van der Waals surface area (Å²) in [5.41, 5.74) is 21.9. The van der Waals surface area contributed by atoms with Gasteiger partial charge in [0, 0.05) is 70.6 Å². The lowest BCUT2D eigenvalue weighted by Crippen LogP contribution is -2.61. The number of hydrogen-bond acceptors (Lipinski definition) is 3. The smallest absolute Gasteiger partial charge is 0.333 e. The number of nitrogens with zero attached hydrogens (tertiary/aromatic N) is 3. The first-order valence-electron chi connectivity index (χ1n) is 30.1. The molecule has 8 saturated carbocycles. The molecule has 9 aromatic carbocycles. The quantitative estimate of drug-likeness (QED) is 0.147. The molecule has 2 aromatic heterocycles. The minimum atomic E-state index is -0.0707. The molecule has 21 rings (SSSR count). The van der Waals surface area contributed by atoms with Crippen molar-refractivity contribution in [1.82, 2.24) is 4.57 Å². The molecule has 0 amide bonds. The summed E-state index contributed by atoms with van der Waals surface area (Å²) in [7, 11) is 0. The van der Waals surface area contributed by atoms with Gasteiger partial charge in [0.05, 0.1) is 11.0 Å². The van der Waals surface area contributed by atoms with Crippen molar-refractivity contribution in [3.05, 3.63) is 205 Å². The summed E-state index contributed by atoms with van der Waals surface area (Å²) in [6, 6.07) is 75.9. The summed E-state index contributed by atoms with van der Waals surface area (Å²) < 4.78 is 5.48. The maximum atomic E-state index is 2.82. The largest absolute Gasteiger partial charge is 0.376 e. The highest BCUT2D eigenvalue weighted by Gasteiger charge is 2.54. The lowest BCUT2D eigenvalue weighted by atomic mass is 9.42. The van der Waals surface area contributed by atoms with E-state index >= 15 is 0 Å². The Morgan fingerprint density at radius 1 is 0.418 bits per heavy atom. The predicted octanol–water partition coefficient (Wildman–Crippen LogP) is 18.5. The molecule has 8 bridgehead atoms. The van der Waals surface area contributed by atoms with Gasteiger partial charge in [-0.2, -0.15) is 0 Å². The zero-order chi connectivity index (χ0) is 51.3. The summed E-state index contributed by atoms with van der Waals surface area (Å²) in [5, 5.41) is 5.63. The van der Waals surface area contributed by atoms with Gasteiger partial charge in [-0.1, -0.05) is 109 Å². The van der Waals surface area contributed by atoms with Crippen LogP contribution in [0.2, 0.25) is 0 Å². The molecule has 0 saturated heterocycles. The maximum Gasteiger partial charge on any atom is 0.333 e. The normalized spacial score (nSPS) is 26.4. The van der Waals surface area contributed by atoms with E-state index in [9.17, 15) is 0 Å². The predicted molar refractivity (Wildman–Crippen MR) is 333 cm³/mol. The van der Waals surface area contributed by atoms with E-state index < -0.39 is 0 Å². The van der Waals surface area contributed by atoms with Gasteiger partial charge in [-0.05, 0) is 247 Å². The fraction of sp³-hybridized carbons (Fsp3) is 0.270. The van der Waals surface area contributed by atoms with Gasteiger partial charge in [0.15, 0.2) is 0 Å². The number of para-hydroxylation sites is 2. The fourth-order valence-corrected chi connectivity index (χ4v) is 20.8. The van der Waals surface area contributed by atoms with Gasteiger partial charge in [0.1, 0.15) is 0 Å². The van der Waals surface area contributed by atoms with Gasteiger partial charge in [0.25, 0.3) is 0 Å². The molecule has 79 heavy (non-hydrogen) atoms. The van der Waals surface area contributed by atoms with Crippen LogP contribution in [0.3, 0.4) is 0 Å². The molecule has 382 valence electrons. The summed E-state index contributed by atoms with van der Waals surface area (Å²) in [4.78, 5) is 5.32. The third kappa shape index (κ3) is 6.37. The van der Waals surface area contributed by atoms with Crippen molar-refractivity contribution in [3.63, 3.8) is 0 Å². The van der Waals surface area contributed by atoms with Crippen LogP contribution < -0.4 is 20.6 Å². The minimum absolute atomic E-state index is 0.0707. The van der Waals surface area contributed by atoms with Gasteiger partial charge in [0.2, 0.25) is 0 Å². The first-order valence-corrected chi connectivity index (χ1v) is 30.9. The second-order valence-electron chi connectivity index (χ2n) is 26.5. The molecule has 10 aliphatic rings. The number of fused-ring (bicyclic) bond motifs is 10. The topological polar surface area (TPSA) is 11.4 Å². The molecule has 0 N–H and O–H groups in total. The molecule has 0 atom stereocenters. The van der Waals surface area contributed by atoms with E-state index in [4.69, 9.17) is 0 Å². The van der Waals surface area contributed by atoms with Crippen LogP contribution in [0.25, 0.3) is 69.9 Å². The number of anilines is 5. The van der Waals surface area contributed by atoms with Gasteiger partial charge >= 0.3 is 6.85 Å². The Bertz CT molecular complexity index is 4230. The van der Waals surface area contributed by atoms with Crippen LogP contribution >= 0.6 is 11.3 Å². The number of rotatable bonds is 7. The molecular formula is C74H62BN3S. The van der Waals surface area contributed by atoms with Crippen LogP contribution in [-0.2, 0) is 10.8 Å². The summed E-state index contributed by atoms with van der Waals surface area (Å²) in [6.07, 6.45) is 16.9. The second kappa shape index (κ2) is 16.2. The van der Waals surface area contributed by atoms with E-state index in [-0.39, 0.29) is 12.3 Å². The number of aromatic nitrogens is 1. The molecular weight excluding hydrogens is 974 g/mol. The maximum absolute atomic E-state index is 2.82. The first-order chi connectivity index (χ1) is 39.0. The van der Waals surface area contributed by atoms with Crippen LogP contribution in [0.4, 0.5) is 28.4 Å². The highest BCUT2D eigenvalue weighted by molar-refractivity contribution is 7.25. The average Bonchev–Trinajstić information content (AvgIpc) is 3.46. The number of hydrogen-bond donors (Lipinski definition) is 0. The molecule has 8 aliphatic carbocycles. The van der Waals surface area contributed by atoms with Crippen LogP contribution in [0.15, 0.2) is 194 Å². The van der Waals surface area contributed by atoms with Gasteiger partial charge < -0.3 is 14.3 Å². The van der Waals surface area contributed by atoms with Crippen molar-refractivity contribution in [3.8, 4) is 27.9 Å². The lowest BCUT2D eigenvalue weighted by molar-refractivity contribution is -0.00526. The van der Waals surface area contributed by atoms with Crippen LogP contribution in [0, 0.1) is 35.5 Å². The molecule has 5 heteroatoms. The molecule has 0 unspecified atom stereocenters. The molecule has 3 nitrogen and oxygen atoms in total. The first kappa shape index (κ1) is 44.5. The monoisotopic (exact) mass is 1040 g/mol. The van der Waals surface area contributed by atoms with Crippen molar-refractivity contribution in [1.29, 1.82) is 0 Å². The molecule has 8 fully saturated rings. The lowest BCUT2D eigenvalue weighted by Gasteiger charge is -2.57. The van der Waals surface area contributed by atoms with Gasteiger partial charge in [-0.25, -0.2) is 0 Å². The van der Waals surface area contributed by atoms with E-state index in [0.29, 0.717) is 5.41 Å². The van der Waals surface area contributed by atoms with E-state index in [1.54, 1.807) is 11.1 Å². The summed E-state index contributed by atoms with van der Waals surface area (Å²) >= 11 is 1.94. The van der Waals surface area contributed by atoms with Crippen molar-refractivity contribution >= 4 is 99.5 Å². The Morgan fingerprint density at radius 3 is 1.63 bits per heavy atom. The summed E-state index contributed by atoms with van der Waals surface area (Å²) in [6.45, 7) is -0.0707.